The topological polar surface area (TPSA) is 58.2 Å². The van der Waals surface area contributed by atoms with Gasteiger partial charge in [-0.05, 0) is 44.5 Å². The van der Waals surface area contributed by atoms with E-state index in [9.17, 15) is 8.42 Å². The van der Waals surface area contributed by atoms with Gasteiger partial charge in [0.15, 0.2) is 0 Å². The molecular weight excluding hydrogens is 352 g/mol. The third kappa shape index (κ3) is 3.70. The van der Waals surface area contributed by atoms with E-state index in [0.29, 0.717) is 0 Å². The van der Waals surface area contributed by atoms with Crippen molar-refractivity contribution in [2.24, 2.45) is 0 Å². The quantitative estimate of drug-likeness (QED) is 0.863. The summed E-state index contributed by atoms with van der Waals surface area (Å²) >= 11 is 9.26. The van der Waals surface area contributed by atoms with Crippen LogP contribution < -0.4 is 10.0 Å². The van der Waals surface area contributed by atoms with E-state index >= 15 is 0 Å². The number of rotatable bonds is 3. The van der Waals surface area contributed by atoms with Crippen LogP contribution in [0.2, 0.25) is 5.02 Å². The Labute approximate surface area is 127 Å². The molecule has 1 saturated heterocycles. The first kappa shape index (κ1) is 15.3. The minimum Gasteiger partial charge on any atom is -0.313 e. The van der Waals surface area contributed by atoms with Crippen LogP contribution in [0.5, 0.6) is 0 Å². The molecule has 19 heavy (non-hydrogen) atoms. The van der Waals surface area contributed by atoms with Crippen LogP contribution in [-0.2, 0) is 10.0 Å². The van der Waals surface area contributed by atoms with Gasteiger partial charge in [-0.15, -0.1) is 0 Å². The highest BCUT2D eigenvalue weighted by Gasteiger charge is 2.27. The third-order valence-corrected chi connectivity index (χ3v) is 5.72. The summed E-state index contributed by atoms with van der Waals surface area (Å²) in [5.41, 5.74) is 0. The maximum atomic E-state index is 12.3. The average molecular weight is 368 g/mol. The molecule has 2 atom stereocenters. The largest absolute Gasteiger partial charge is 0.313 e. The zero-order valence-electron chi connectivity index (χ0n) is 10.5. The number of benzene rings is 1. The highest BCUT2D eigenvalue weighted by molar-refractivity contribution is 9.10. The Hall–Kier alpha value is -0.140. The van der Waals surface area contributed by atoms with Crippen molar-refractivity contribution in [3.63, 3.8) is 0 Å². The van der Waals surface area contributed by atoms with Gasteiger partial charge in [-0.2, -0.15) is 0 Å². The number of piperidine rings is 1. The number of sulfonamides is 1. The molecule has 0 spiro atoms. The summed E-state index contributed by atoms with van der Waals surface area (Å²) in [5.74, 6) is 0. The summed E-state index contributed by atoms with van der Waals surface area (Å²) in [5, 5.41) is 3.48. The van der Waals surface area contributed by atoms with Crippen LogP contribution >= 0.6 is 27.5 Å². The second-order valence-electron chi connectivity index (χ2n) is 4.69. The third-order valence-electron chi connectivity index (χ3n) is 3.25. The Morgan fingerprint density at radius 1 is 1.47 bits per heavy atom. The van der Waals surface area contributed by atoms with E-state index in [0.717, 1.165) is 23.9 Å². The Bertz CT molecular complexity index is 565. The molecule has 2 N–H and O–H groups in total. The van der Waals surface area contributed by atoms with E-state index in [-0.39, 0.29) is 22.0 Å². The maximum absolute atomic E-state index is 12.3. The zero-order valence-corrected chi connectivity index (χ0v) is 13.6. The van der Waals surface area contributed by atoms with Gasteiger partial charge in [0.1, 0.15) is 4.90 Å². The average Bonchev–Trinajstić information content (AvgIpc) is 2.31. The molecule has 1 aliphatic heterocycles. The summed E-state index contributed by atoms with van der Waals surface area (Å²) in [6, 6.07) is 4.79. The van der Waals surface area contributed by atoms with E-state index in [1.807, 2.05) is 6.92 Å². The van der Waals surface area contributed by atoms with Crippen LogP contribution in [0.25, 0.3) is 0 Å². The van der Waals surface area contributed by atoms with Crippen LogP contribution in [0.1, 0.15) is 19.8 Å². The summed E-state index contributed by atoms with van der Waals surface area (Å²) in [6.45, 7) is 2.91. The molecule has 0 amide bonds. The molecule has 0 aromatic heterocycles. The van der Waals surface area contributed by atoms with Gasteiger partial charge in [-0.3, -0.25) is 0 Å². The lowest BCUT2D eigenvalue weighted by Gasteiger charge is -2.30. The van der Waals surface area contributed by atoms with Crippen molar-refractivity contribution >= 4 is 37.6 Å². The van der Waals surface area contributed by atoms with E-state index in [2.05, 4.69) is 26.0 Å². The van der Waals surface area contributed by atoms with Gasteiger partial charge in [-0.25, -0.2) is 13.1 Å². The SMILES string of the molecule is CC1NCCCC1NS(=O)(=O)c1ccc(Br)cc1Cl. The van der Waals surface area contributed by atoms with Crippen molar-refractivity contribution in [3.05, 3.63) is 27.7 Å². The number of hydrogen-bond acceptors (Lipinski definition) is 3. The van der Waals surface area contributed by atoms with Crippen LogP contribution in [0, 0.1) is 0 Å². The first-order chi connectivity index (χ1) is 8.90. The molecule has 1 aromatic rings. The molecule has 1 aromatic carbocycles. The molecule has 0 aliphatic carbocycles. The first-order valence-electron chi connectivity index (χ1n) is 6.11. The Kier molecular flexibility index (Phi) is 4.89. The second-order valence-corrected chi connectivity index (χ2v) is 7.69. The Balaban J connectivity index is 2.22. The summed E-state index contributed by atoms with van der Waals surface area (Å²) < 4.78 is 28.2. The Morgan fingerprint density at radius 2 is 2.21 bits per heavy atom. The molecule has 0 saturated carbocycles. The minimum atomic E-state index is -3.58. The molecule has 1 aliphatic rings. The van der Waals surface area contributed by atoms with E-state index < -0.39 is 10.0 Å². The molecule has 7 heteroatoms. The fourth-order valence-electron chi connectivity index (χ4n) is 2.16. The highest BCUT2D eigenvalue weighted by Crippen LogP contribution is 2.25. The van der Waals surface area contributed by atoms with E-state index in [1.54, 1.807) is 12.1 Å². The molecule has 2 rings (SSSR count). The monoisotopic (exact) mass is 366 g/mol. The normalized spacial score (nSPS) is 24.4. The summed E-state index contributed by atoms with van der Waals surface area (Å²) in [4.78, 5) is 0.121. The molecule has 106 valence electrons. The van der Waals surface area contributed by atoms with Gasteiger partial charge in [0.05, 0.1) is 5.02 Å². The standard InChI is InChI=1S/C12H16BrClN2O2S/c1-8-11(3-2-6-15-8)16-19(17,18)12-5-4-9(13)7-10(12)14/h4-5,7-8,11,15-16H,2-3,6H2,1H3. The number of halogens is 2. The molecule has 0 radical (unpaired) electrons. The fraction of sp³-hybridized carbons (Fsp3) is 0.500. The second kappa shape index (κ2) is 6.10. The molecule has 2 unspecified atom stereocenters. The number of hydrogen-bond donors (Lipinski definition) is 2. The van der Waals surface area contributed by atoms with Gasteiger partial charge in [-0.1, -0.05) is 27.5 Å². The first-order valence-corrected chi connectivity index (χ1v) is 8.76. The van der Waals surface area contributed by atoms with E-state index in [1.165, 1.54) is 6.07 Å². The van der Waals surface area contributed by atoms with Crippen molar-refractivity contribution in [1.29, 1.82) is 0 Å². The van der Waals surface area contributed by atoms with Crippen molar-refractivity contribution in [3.8, 4) is 0 Å². The molecule has 1 fully saturated rings. The highest BCUT2D eigenvalue weighted by atomic mass is 79.9. The summed E-state index contributed by atoms with van der Waals surface area (Å²) in [7, 11) is -3.58. The number of nitrogens with one attached hydrogen (secondary N) is 2. The van der Waals surface area contributed by atoms with Crippen LogP contribution in [0.4, 0.5) is 0 Å². The van der Waals surface area contributed by atoms with Gasteiger partial charge in [0.2, 0.25) is 10.0 Å². The van der Waals surface area contributed by atoms with Crippen molar-refractivity contribution < 1.29 is 8.42 Å². The zero-order chi connectivity index (χ0) is 14.0. The predicted octanol–water partition coefficient (Wildman–Crippen LogP) is 2.52. The van der Waals surface area contributed by atoms with Crippen molar-refractivity contribution in [2.75, 3.05) is 6.54 Å². The van der Waals surface area contributed by atoms with Crippen LogP contribution in [0.15, 0.2) is 27.6 Å². The predicted molar refractivity (Wildman–Crippen MR) is 80.0 cm³/mol. The van der Waals surface area contributed by atoms with E-state index in [4.69, 9.17) is 11.6 Å². The van der Waals surface area contributed by atoms with Gasteiger partial charge < -0.3 is 5.32 Å². The van der Waals surface area contributed by atoms with Gasteiger partial charge in [0, 0.05) is 16.6 Å². The molecule has 4 nitrogen and oxygen atoms in total. The van der Waals surface area contributed by atoms with Gasteiger partial charge in [0.25, 0.3) is 0 Å². The summed E-state index contributed by atoms with van der Waals surface area (Å²) in [6.07, 6.45) is 1.80. The molecular formula is C12H16BrClN2O2S. The molecule has 1 heterocycles. The lowest BCUT2D eigenvalue weighted by atomic mass is 10.0. The van der Waals surface area contributed by atoms with Crippen LogP contribution in [-0.4, -0.2) is 27.0 Å². The lowest BCUT2D eigenvalue weighted by Crippen LogP contribution is -2.51. The van der Waals surface area contributed by atoms with Crippen LogP contribution in [0.3, 0.4) is 0 Å². The minimum absolute atomic E-state index is 0.0986. The Morgan fingerprint density at radius 3 is 2.84 bits per heavy atom. The smallest absolute Gasteiger partial charge is 0.242 e. The van der Waals surface area contributed by atoms with Crippen molar-refractivity contribution in [2.45, 2.75) is 36.7 Å². The fourth-order valence-corrected chi connectivity index (χ4v) is 4.55. The lowest BCUT2D eigenvalue weighted by molar-refractivity contribution is 0.349. The van der Waals surface area contributed by atoms with Gasteiger partial charge >= 0.3 is 0 Å². The van der Waals surface area contributed by atoms with Crippen molar-refractivity contribution in [1.82, 2.24) is 10.0 Å². The molecule has 0 bridgehead atoms. The maximum Gasteiger partial charge on any atom is 0.242 e.